The van der Waals surface area contributed by atoms with Crippen LogP contribution in [-0.4, -0.2) is 44.1 Å². The minimum atomic E-state index is -1.07. The van der Waals surface area contributed by atoms with E-state index in [1.807, 2.05) is 44.2 Å². The fourth-order valence-electron chi connectivity index (χ4n) is 3.35. The smallest absolute Gasteiger partial charge is 0.318 e. The van der Waals surface area contributed by atoms with Crippen molar-refractivity contribution in [2.45, 2.75) is 39.2 Å². The Kier molecular flexibility index (Phi) is 8.81. The Bertz CT molecular complexity index is 929. The van der Waals surface area contributed by atoms with Gasteiger partial charge in [0.2, 0.25) is 5.91 Å². The van der Waals surface area contributed by atoms with Crippen molar-refractivity contribution in [2.75, 3.05) is 20.3 Å². The van der Waals surface area contributed by atoms with Crippen LogP contribution in [0.3, 0.4) is 0 Å². The molecule has 2 N–H and O–H groups in total. The number of carbonyl (C=O) groups excluding carboxylic acids is 3. The van der Waals surface area contributed by atoms with E-state index < -0.39 is 23.3 Å². The van der Waals surface area contributed by atoms with E-state index in [4.69, 9.17) is 9.47 Å². The fraction of sp³-hybridized carbons (Fsp3) is 0.400. The number of ether oxygens (including phenoxy) is 2. The van der Waals surface area contributed by atoms with E-state index >= 15 is 0 Å². The first-order valence-electron chi connectivity index (χ1n) is 10.7. The maximum atomic E-state index is 13.1. The first-order valence-corrected chi connectivity index (χ1v) is 10.7. The summed E-state index contributed by atoms with van der Waals surface area (Å²) in [5, 5.41) is 5.63. The molecule has 2 aromatic carbocycles. The van der Waals surface area contributed by atoms with Gasteiger partial charge in [0.05, 0.1) is 19.3 Å². The maximum absolute atomic E-state index is 13.1. The quantitative estimate of drug-likeness (QED) is 0.554. The lowest BCUT2D eigenvalue weighted by Gasteiger charge is -2.30. The molecule has 2 rings (SSSR count). The van der Waals surface area contributed by atoms with Gasteiger partial charge in [0.15, 0.2) is 0 Å². The van der Waals surface area contributed by atoms with Crippen molar-refractivity contribution in [3.63, 3.8) is 0 Å². The lowest BCUT2D eigenvalue weighted by molar-refractivity contribution is -0.149. The average molecular weight is 441 g/mol. The number of carbonyl (C=O) groups is 3. The van der Waals surface area contributed by atoms with Crippen LogP contribution in [0.15, 0.2) is 54.6 Å². The third kappa shape index (κ3) is 5.87. The lowest BCUT2D eigenvalue weighted by atomic mass is 9.82. The molecule has 0 saturated heterocycles. The van der Waals surface area contributed by atoms with Gasteiger partial charge in [-0.1, -0.05) is 56.3 Å². The standard InChI is InChI=1S/C25H32N2O5/c1-6-32-24(30)25(4,18-12-8-7-9-13-18)16-26-23(29)21(17(2)3)27-22(28)19-14-10-11-15-20(19)31-5/h7-15,17,21H,6,16H2,1-5H3,(H,26,29)(H,27,28)/t21-,25-/m1/s1. The highest BCUT2D eigenvalue weighted by atomic mass is 16.5. The first-order chi connectivity index (χ1) is 15.2. The van der Waals surface area contributed by atoms with Gasteiger partial charge in [0.25, 0.3) is 5.91 Å². The predicted molar refractivity (Wildman–Crippen MR) is 123 cm³/mol. The normalized spacial score (nSPS) is 13.6. The summed E-state index contributed by atoms with van der Waals surface area (Å²) in [4.78, 5) is 38.6. The number of hydrogen-bond acceptors (Lipinski definition) is 5. The second-order valence-electron chi connectivity index (χ2n) is 8.03. The Hall–Kier alpha value is -3.35. The molecular formula is C25H32N2O5. The van der Waals surface area contributed by atoms with Crippen LogP contribution in [0.2, 0.25) is 0 Å². The number of hydrogen-bond donors (Lipinski definition) is 2. The molecule has 2 aromatic rings. The molecule has 0 aliphatic heterocycles. The van der Waals surface area contributed by atoms with Crippen molar-refractivity contribution in [1.82, 2.24) is 10.6 Å². The summed E-state index contributed by atoms with van der Waals surface area (Å²) in [7, 11) is 1.48. The van der Waals surface area contributed by atoms with E-state index in [1.165, 1.54) is 7.11 Å². The van der Waals surface area contributed by atoms with Crippen LogP contribution in [0.1, 0.15) is 43.6 Å². The van der Waals surface area contributed by atoms with Crippen LogP contribution in [0.4, 0.5) is 0 Å². The summed E-state index contributed by atoms with van der Waals surface area (Å²) >= 11 is 0. The van der Waals surface area contributed by atoms with Crippen LogP contribution in [0.5, 0.6) is 5.75 Å². The Balaban J connectivity index is 2.19. The molecular weight excluding hydrogens is 408 g/mol. The Morgan fingerprint density at radius 3 is 2.22 bits per heavy atom. The van der Waals surface area contributed by atoms with Gasteiger partial charge in [0, 0.05) is 6.54 Å². The molecule has 0 radical (unpaired) electrons. The van der Waals surface area contributed by atoms with Gasteiger partial charge in [-0.25, -0.2) is 0 Å². The molecule has 0 fully saturated rings. The fourth-order valence-corrected chi connectivity index (χ4v) is 3.35. The SMILES string of the molecule is CCOC(=O)[C@](C)(CNC(=O)[C@H](NC(=O)c1ccccc1OC)C(C)C)c1ccccc1. The van der Waals surface area contributed by atoms with Gasteiger partial charge in [-0.2, -0.15) is 0 Å². The molecule has 2 atom stereocenters. The van der Waals surface area contributed by atoms with Crippen LogP contribution < -0.4 is 15.4 Å². The zero-order valence-corrected chi connectivity index (χ0v) is 19.3. The van der Waals surface area contributed by atoms with Gasteiger partial charge < -0.3 is 20.1 Å². The number of para-hydroxylation sites is 1. The summed E-state index contributed by atoms with van der Waals surface area (Å²) in [5.74, 6) is -0.973. The highest BCUT2D eigenvalue weighted by Gasteiger charge is 2.38. The maximum Gasteiger partial charge on any atom is 0.318 e. The van der Waals surface area contributed by atoms with Gasteiger partial charge in [-0.15, -0.1) is 0 Å². The van der Waals surface area contributed by atoms with Crippen LogP contribution in [0.25, 0.3) is 0 Å². The van der Waals surface area contributed by atoms with E-state index in [9.17, 15) is 14.4 Å². The molecule has 0 spiro atoms. The van der Waals surface area contributed by atoms with Crippen molar-refractivity contribution < 1.29 is 23.9 Å². The van der Waals surface area contributed by atoms with E-state index in [0.29, 0.717) is 11.3 Å². The average Bonchev–Trinajstić information content (AvgIpc) is 2.81. The Morgan fingerprint density at radius 1 is 1.00 bits per heavy atom. The number of methoxy groups -OCH3 is 1. The third-order valence-electron chi connectivity index (χ3n) is 5.34. The van der Waals surface area contributed by atoms with E-state index in [1.54, 1.807) is 38.1 Å². The largest absolute Gasteiger partial charge is 0.496 e. The Morgan fingerprint density at radius 2 is 1.62 bits per heavy atom. The van der Waals surface area contributed by atoms with E-state index in [0.717, 1.165) is 5.56 Å². The molecule has 2 amide bonds. The van der Waals surface area contributed by atoms with Gasteiger partial charge in [0.1, 0.15) is 17.2 Å². The second kappa shape index (κ2) is 11.3. The molecule has 7 nitrogen and oxygen atoms in total. The molecule has 0 heterocycles. The van der Waals surface area contributed by atoms with Crippen molar-refractivity contribution in [3.8, 4) is 5.75 Å². The third-order valence-corrected chi connectivity index (χ3v) is 5.34. The zero-order valence-electron chi connectivity index (χ0n) is 19.3. The first kappa shape index (κ1) is 24.9. The molecule has 0 aliphatic rings. The second-order valence-corrected chi connectivity index (χ2v) is 8.03. The highest BCUT2D eigenvalue weighted by Crippen LogP contribution is 2.25. The topological polar surface area (TPSA) is 93.7 Å². The van der Waals surface area contributed by atoms with Gasteiger partial charge in [-0.3, -0.25) is 14.4 Å². The predicted octanol–water partition coefficient (Wildman–Crippen LogP) is 3.09. The summed E-state index contributed by atoms with van der Waals surface area (Å²) in [5.41, 5.74) is 0.00759. The molecule has 0 unspecified atom stereocenters. The van der Waals surface area contributed by atoms with Crippen molar-refractivity contribution in [3.05, 3.63) is 65.7 Å². The Labute approximate surface area is 189 Å². The number of nitrogens with one attached hydrogen (secondary N) is 2. The van der Waals surface area contributed by atoms with Gasteiger partial charge in [-0.05, 0) is 37.5 Å². The molecule has 0 saturated carbocycles. The molecule has 0 bridgehead atoms. The number of esters is 1. The van der Waals surface area contributed by atoms with E-state index in [2.05, 4.69) is 10.6 Å². The molecule has 7 heteroatoms. The zero-order chi connectivity index (χ0) is 23.7. The molecule has 0 aromatic heterocycles. The van der Waals surface area contributed by atoms with Crippen molar-refractivity contribution in [1.29, 1.82) is 0 Å². The van der Waals surface area contributed by atoms with Crippen LogP contribution >= 0.6 is 0 Å². The minimum absolute atomic E-state index is 0.0302. The highest BCUT2D eigenvalue weighted by molar-refractivity contribution is 5.99. The van der Waals surface area contributed by atoms with Gasteiger partial charge >= 0.3 is 5.97 Å². The summed E-state index contributed by atoms with van der Waals surface area (Å²) in [6.45, 7) is 7.42. The number of amides is 2. The monoisotopic (exact) mass is 440 g/mol. The van der Waals surface area contributed by atoms with Crippen molar-refractivity contribution in [2.24, 2.45) is 5.92 Å². The van der Waals surface area contributed by atoms with Crippen LogP contribution in [-0.2, 0) is 19.7 Å². The molecule has 0 aliphatic carbocycles. The lowest BCUT2D eigenvalue weighted by Crippen LogP contribution is -2.53. The number of rotatable bonds is 10. The van der Waals surface area contributed by atoms with Crippen molar-refractivity contribution >= 4 is 17.8 Å². The summed E-state index contributed by atoms with van der Waals surface area (Å²) < 4.78 is 10.5. The van der Waals surface area contributed by atoms with Crippen LogP contribution in [0, 0.1) is 5.92 Å². The minimum Gasteiger partial charge on any atom is -0.496 e. The van der Waals surface area contributed by atoms with E-state index in [-0.39, 0.29) is 25.0 Å². The number of benzene rings is 2. The molecule has 32 heavy (non-hydrogen) atoms. The summed E-state index contributed by atoms with van der Waals surface area (Å²) in [6.07, 6.45) is 0. The molecule has 172 valence electrons. The summed E-state index contributed by atoms with van der Waals surface area (Å²) in [6, 6.07) is 15.2.